The third-order valence-corrected chi connectivity index (χ3v) is 9.05. The number of pyridine rings is 1. The molecule has 206 valence electrons. The Kier molecular flexibility index (Phi) is 7.91. The highest BCUT2D eigenvalue weighted by atomic mass is 35.5. The standard InChI is InChI=1S/C31H26ClN5O2S2/c1-20-4-10-25(11-5-20)37-31-28(29(35-37)22-6-8-24(32)9-7-22)30(23-12-14-40-18-23)41-19-27(39)36(31)17-26(38)34-16-21-3-2-13-33-15-21/h2-15,18,30H,16-17,19H2,1H3,(H,34,38)/t30-/m0/s1. The summed E-state index contributed by atoms with van der Waals surface area (Å²) in [5, 5.41) is 12.7. The van der Waals surface area contributed by atoms with Gasteiger partial charge < -0.3 is 5.32 Å². The molecular formula is C31H26ClN5O2S2. The summed E-state index contributed by atoms with van der Waals surface area (Å²) in [6.07, 6.45) is 3.40. The summed E-state index contributed by atoms with van der Waals surface area (Å²) in [4.78, 5) is 32.8. The smallest absolute Gasteiger partial charge is 0.240 e. The molecule has 0 radical (unpaired) electrons. The zero-order valence-corrected chi connectivity index (χ0v) is 24.5. The van der Waals surface area contributed by atoms with Crippen LogP contribution in [-0.2, 0) is 16.1 Å². The van der Waals surface area contributed by atoms with E-state index in [1.165, 1.54) is 0 Å². The van der Waals surface area contributed by atoms with Gasteiger partial charge in [-0.2, -0.15) is 16.4 Å². The maximum atomic E-state index is 13.8. The molecule has 7 nitrogen and oxygen atoms in total. The van der Waals surface area contributed by atoms with Crippen molar-refractivity contribution in [2.45, 2.75) is 18.7 Å². The van der Waals surface area contributed by atoms with Crippen LogP contribution in [0.4, 0.5) is 5.82 Å². The van der Waals surface area contributed by atoms with E-state index in [2.05, 4.69) is 21.7 Å². The maximum absolute atomic E-state index is 13.8. The van der Waals surface area contributed by atoms with Crippen molar-refractivity contribution in [3.8, 4) is 16.9 Å². The molecule has 1 atom stereocenters. The van der Waals surface area contributed by atoms with Crippen molar-refractivity contribution in [3.05, 3.63) is 117 Å². The monoisotopic (exact) mass is 599 g/mol. The molecule has 5 aromatic rings. The number of carbonyl (C=O) groups excluding carboxylic acids is 2. The SMILES string of the molecule is Cc1ccc(-n2nc(-c3ccc(Cl)cc3)c3c2N(CC(=O)NCc2cccnc2)C(=O)CS[C@H]3c2ccsc2)cc1. The highest BCUT2D eigenvalue weighted by molar-refractivity contribution is 8.00. The fourth-order valence-electron chi connectivity index (χ4n) is 4.80. The number of anilines is 1. The summed E-state index contributed by atoms with van der Waals surface area (Å²) in [7, 11) is 0. The Labute approximate surface area is 251 Å². The first-order valence-electron chi connectivity index (χ1n) is 13.0. The number of thioether (sulfide) groups is 1. The summed E-state index contributed by atoms with van der Waals surface area (Å²) in [5.74, 6) is 0.402. The van der Waals surface area contributed by atoms with Gasteiger partial charge in [-0.3, -0.25) is 19.5 Å². The Balaban J connectivity index is 1.50. The summed E-state index contributed by atoms with van der Waals surface area (Å²) in [6, 6.07) is 21.4. The third-order valence-electron chi connectivity index (χ3n) is 6.85. The molecule has 0 spiro atoms. The second-order valence-electron chi connectivity index (χ2n) is 9.71. The molecule has 0 aliphatic carbocycles. The Morgan fingerprint density at radius 3 is 2.61 bits per heavy atom. The normalized spacial score (nSPS) is 14.9. The minimum atomic E-state index is -0.267. The van der Waals surface area contributed by atoms with E-state index in [9.17, 15) is 9.59 Å². The Hall–Kier alpha value is -3.92. The van der Waals surface area contributed by atoms with E-state index in [0.29, 0.717) is 17.4 Å². The molecule has 4 heterocycles. The van der Waals surface area contributed by atoms with E-state index in [1.54, 1.807) is 45.1 Å². The molecule has 1 aliphatic rings. The van der Waals surface area contributed by atoms with Crippen molar-refractivity contribution in [3.63, 3.8) is 0 Å². The second-order valence-corrected chi connectivity index (χ2v) is 12.0. The fourth-order valence-corrected chi connectivity index (χ4v) is 6.88. The molecule has 6 rings (SSSR count). The summed E-state index contributed by atoms with van der Waals surface area (Å²) in [5.41, 5.74) is 6.41. The molecular weight excluding hydrogens is 574 g/mol. The lowest BCUT2D eigenvalue weighted by atomic mass is 10.0. The number of nitrogens with zero attached hydrogens (tertiary/aromatic N) is 4. The fraction of sp³-hybridized carbons (Fsp3) is 0.161. The Morgan fingerprint density at radius 1 is 1.10 bits per heavy atom. The zero-order valence-electron chi connectivity index (χ0n) is 22.2. The lowest BCUT2D eigenvalue weighted by Crippen LogP contribution is -2.42. The number of halogens is 1. The van der Waals surface area contributed by atoms with Crippen LogP contribution in [-0.4, -0.2) is 38.9 Å². The molecule has 1 N–H and O–H groups in total. The van der Waals surface area contributed by atoms with Crippen LogP contribution in [0, 0.1) is 6.92 Å². The van der Waals surface area contributed by atoms with Gasteiger partial charge in [-0.15, -0.1) is 11.8 Å². The van der Waals surface area contributed by atoms with Gasteiger partial charge in [0, 0.05) is 35.1 Å². The topological polar surface area (TPSA) is 80.1 Å². The predicted octanol–water partition coefficient (Wildman–Crippen LogP) is 6.44. The summed E-state index contributed by atoms with van der Waals surface area (Å²) in [6.45, 7) is 2.21. The van der Waals surface area contributed by atoms with Gasteiger partial charge in [0.05, 0.1) is 22.4 Å². The first-order chi connectivity index (χ1) is 20.0. The van der Waals surface area contributed by atoms with E-state index in [-0.39, 0.29) is 29.4 Å². The zero-order chi connectivity index (χ0) is 28.3. The molecule has 0 saturated heterocycles. The molecule has 41 heavy (non-hydrogen) atoms. The van der Waals surface area contributed by atoms with Crippen molar-refractivity contribution in [2.24, 2.45) is 0 Å². The van der Waals surface area contributed by atoms with Crippen LogP contribution < -0.4 is 10.2 Å². The first kappa shape index (κ1) is 27.3. The largest absolute Gasteiger partial charge is 0.350 e. The minimum Gasteiger partial charge on any atom is -0.350 e. The number of nitrogens with one attached hydrogen (secondary N) is 1. The van der Waals surface area contributed by atoms with Crippen molar-refractivity contribution in [1.29, 1.82) is 0 Å². The lowest BCUT2D eigenvalue weighted by Gasteiger charge is -2.23. The number of aromatic nitrogens is 3. The van der Waals surface area contributed by atoms with E-state index in [1.807, 2.05) is 73.0 Å². The van der Waals surface area contributed by atoms with E-state index in [0.717, 1.165) is 39.2 Å². The van der Waals surface area contributed by atoms with Gasteiger partial charge in [0.25, 0.3) is 0 Å². The van der Waals surface area contributed by atoms with Gasteiger partial charge in [0.2, 0.25) is 11.8 Å². The number of fused-ring (bicyclic) bond motifs is 1. The Morgan fingerprint density at radius 2 is 1.90 bits per heavy atom. The van der Waals surface area contributed by atoms with Crippen LogP contribution in [0.15, 0.2) is 89.9 Å². The minimum absolute atomic E-state index is 0.138. The van der Waals surface area contributed by atoms with Crippen LogP contribution in [0.1, 0.15) is 27.5 Å². The van der Waals surface area contributed by atoms with Crippen LogP contribution in [0.2, 0.25) is 5.02 Å². The number of thiophene rings is 1. The highest BCUT2D eigenvalue weighted by Gasteiger charge is 2.37. The van der Waals surface area contributed by atoms with Crippen LogP contribution in [0.3, 0.4) is 0 Å². The van der Waals surface area contributed by atoms with Crippen molar-refractivity contribution < 1.29 is 9.59 Å². The van der Waals surface area contributed by atoms with Crippen molar-refractivity contribution in [2.75, 3.05) is 17.2 Å². The maximum Gasteiger partial charge on any atom is 0.240 e. The lowest BCUT2D eigenvalue weighted by molar-refractivity contribution is -0.123. The third kappa shape index (κ3) is 5.79. The van der Waals surface area contributed by atoms with Gasteiger partial charge in [-0.05, 0) is 65.2 Å². The average Bonchev–Trinajstić information content (AvgIpc) is 3.63. The molecule has 2 aromatic carbocycles. The molecule has 10 heteroatoms. The number of aryl methyl sites for hydroxylation is 1. The van der Waals surface area contributed by atoms with Crippen molar-refractivity contribution >= 4 is 52.3 Å². The number of hydrogen-bond acceptors (Lipinski definition) is 6. The average molecular weight is 600 g/mol. The molecule has 0 unspecified atom stereocenters. The molecule has 2 amide bonds. The van der Waals surface area contributed by atoms with E-state index >= 15 is 0 Å². The number of hydrogen-bond donors (Lipinski definition) is 1. The predicted molar refractivity (Wildman–Crippen MR) is 166 cm³/mol. The number of rotatable bonds is 7. The van der Waals surface area contributed by atoms with Gasteiger partial charge in [0.15, 0.2) is 0 Å². The van der Waals surface area contributed by atoms with E-state index < -0.39 is 0 Å². The number of carbonyl (C=O) groups is 2. The number of benzene rings is 2. The molecule has 0 fully saturated rings. The first-order valence-corrected chi connectivity index (χ1v) is 15.4. The molecule has 0 bridgehead atoms. The van der Waals surface area contributed by atoms with Crippen molar-refractivity contribution in [1.82, 2.24) is 20.1 Å². The van der Waals surface area contributed by atoms with Crippen LogP contribution in [0.25, 0.3) is 16.9 Å². The summed E-state index contributed by atoms with van der Waals surface area (Å²) >= 11 is 9.41. The summed E-state index contributed by atoms with van der Waals surface area (Å²) < 4.78 is 1.80. The molecule has 1 aliphatic heterocycles. The van der Waals surface area contributed by atoms with Gasteiger partial charge in [-0.25, -0.2) is 4.68 Å². The quantitative estimate of drug-likeness (QED) is 0.233. The van der Waals surface area contributed by atoms with E-state index in [4.69, 9.17) is 16.7 Å². The van der Waals surface area contributed by atoms with Crippen LogP contribution >= 0.6 is 34.7 Å². The highest BCUT2D eigenvalue weighted by Crippen LogP contribution is 2.49. The Bertz CT molecular complexity index is 1670. The second kappa shape index (κ2) is 11.9. The number of amides is 2. The van der Waals surface area contributed by atoms with Gasteiger partial charge in [-0.1, -0.05) is 47.5 Å². The van der Waals surface area contributed by atoms with Gasteiger partial charge >= 0.3 is 0 Å². The van der Waals surface area contributed by atoms with Gasteiger partial charge in [0.1, 0.15) is 12.4 Å². The molecule has 0 saturated carbocycles. The van der Waals surface area contributed by atoms with Crippen LogP contribution in [0.5, 0.6) is 0 Å². The molecule has 3 aromatic heterocycles.